The number of anilines is 1. The molecular formula is C15H20N2O4. The summed E-state index contributed by atoms with van der Waals surface area (Å²) in [5.41, 5.74) is 1.78. The van der Waals surface area contributed by atoms with E-state index in [-0.39, 0.29) is 12.1 Å². The van der Waals surface area contributed by atoms with Crippen molar-refractivity contribution in [2.24, 2.45) is 0 Å². The molecule has 2 unspecified atom stereocenters. The lowest BCUT2D eigenvalue weighted by Crippen LogP contribution is -2.47. The van der Waals surface area contributed by atoms with Crippen molar-refractivity contribution >= 4 is 17.7 Å². The van der Waals surface area contributed by atoms with Gasteiger partial charge in [0.15, 0.2) is 0 Å². The number of urea groups is 1. The molecule has 1 fully saturated rings. The highest BCUT2D eigenvalue weighted by Gasteiger charge is 2.41. The second-order valence-electron chi connectivity index (χ2n) is 5.28. The van der Waals surface area contributed by atoms with Crippen LogP contribution in [0.4, 0.5) is 10.5 Å². The van der Waals surface area contributed by atoms with Crippen molar-refractivity contribution in [1.29, 1.82) is 0 Å². The number of hydrogen-bond acceptors (Lipinski definition) is 3. The predicted octanol–water partition coefficient (Wildman–Crippen LogP) is 1.73. The average Bonchev–Trinajstić information content (AvgIpc) is 2.90. The van der Waals surface area contributed by atoms with E-state index in [1.54, 1.807) is 7.05 Å². The second-order valence-corrected chi connectivity index (χ2v) is 5.28. The second kappa shape index (κ2) is 6.13. The van der Waals surface area contributed by atoms with Crippen LogP contribution in [-0.4, -0.2) is 54.9 Å². The Balaban J connectivity index is 2.19. The zero-order chi connectivity index (χ0) is 15.6. The van der Waals surface area contributed by atoms with Crippen LogP contribution >= 0.6 is 0 Å². The van der Waals surface area contributed by atoms with E-state index < -0.39 is 12.0 Å². The first-order valence-electron chi connectivity index (χ1n) is 6.80. The van der Waals surface area contributed by atoms with E-state index >= 15 is 0 Å². The van der Waals surface area contributed by atoms with Crippen LogP contribution < -0.4 is 4.90 Å². The molecule has 1 aliphatic rings. The molecule has 0 bridgehead atoms. The number of ether oxygens (including phenoxy) is 1. The maximum Gasteiger partial charge on any atom is 0.326 e. The molecule has 2 rings (SSSR count). The fraction of sp³-hybridized carbons (Fsp3) is 0.467. The molecule has 2 amide bonds. The summed E-state index contributed by atoms with van der Waals surface area (Å²) in [7, 11) is 3.18. The van der Waals surface area contributed by atoms with Gasteiger partial charge in [-0.15, -0.1) is 0 Å². The number of nitrogens with zero attached hydrogens (tertiary/aromatic N) is 2. The summed E-state index contributed by atoms with van der Waals surface area (Å²) in [4.78, 5) is 26.7. The van der Waals surface area contributed by atoms with Crippen LogP contribution in [-0.2, 0) is 9.53 Å². The van der Waals surface area contributed by atoms with E-state index in [1.807, 2.05) is 31.2 Å². The molecule has 2 atom stereocenters. The molecule has 114 valence electrons. The minimum Gasteiger partial charge on any atom is -0.480 e. The molecule has 6 heteroatoms. The largest absolute Gasteiger partial charge is 0.480 e. The standard InChI is InChI=1S/C15H20N2O4/c1-10-5-4-6-11(7-10)16(2)15(20)17-9-12(21-3)8-13(17)14(18)19/h4-7,12-13H,8-9H2,1-3H3,(H,18,19). The third kappa shape index (κ3) is 3.16. The van der Waals surface area contributed by atoms with Gasteiger partial charge >= 0.3 is 12.0 Å². The van der Waals surface area contributed by atoms with E-state index in [9.17, 15) is 14.7 Å². The first-order chi connectivity index (χ1) is 9.93. The van der Waals surface area contributed by atoms with Crippen molar-refractivity contribution in [2.75, 3.05) is 25.6 Å². The lowest BCUT2D eigenvalue weighted by atomic mass is 10.2. The number of rotatable bonds is 3. The summed E-state index contributed by atoms with van der Waals surface area (Å²) in [6.07, 6.45) is 0.0835. The van der Waals surface area contributed by atoms with E-state index in [2.05, 4.69) is 0 Å². The molecule has 0 aliphatic carbocycles. The fourth-order valence-corrected chi connectivity index (χ4v) is 2.55. The Labute approximate surface area is 123 Å². The van der Waals surface area contributed by atoms with Crippen molar-refractivity contribution in [3.8, 4) is 0 Å². The summed E-state index contributed by atoms with van der Waals surface area (Å²) >= 11 is 0. The van der Waals surface area contributed by atoms with Crippen molar-refractivity contribution in [1.82, 2.24) is 4.90 Å². The number of amides is 2. The number of carbonyl (C=O) groups excluding carboxylic acids is 1. The van der Waals surface area contributed by atoms with Gasteiger partial charge < -0.3 is 14.7 Å². The molecule has 1 aromatic carbocycles. The quantitative estimate of drug-likeness (QED) is 0.921. The summed E-state index contributed by atoms with van der Waals surface area (Å²) in [5.74, 6) is -0.999. The highest BCUT2D eigenvalue weighted by atomic mass is 16.5. The van der Waals surface area contributed by atoms with Gasteiger partial charge in [0.1, 0.15) is 6.04 Å². The number of benzene rings is 1. The average molecular weight is 292 g/mol. The zero-order valence-electron chi connectivity index (χ0n) is 12.4. The Kier molecular flexibility index (Phi) is 4.47. The Morgan fingerprint density at radius 1 is 1.43 bits per heavy atom. The molecule has 1 saturated heterocycles. The molecule has 21 heavy (non-hydrogen) atoms. The van der Waals surface area contributed by atoms with Crippen molar-refractivity contribution in [2.45, 2.75) is 25.5 Å². The van der Waals surface area contributed by atoms with Gasteiger partial charge in [-0.2, -0.15) is 0 Å². The van der Waals surface area contributed by atoms with Crippen LogP contribution in [0.3, 0.4) is 0 Å². The number of likely N-dealkylation sites (tertiary alicyclic amines) is 1. The molecule has 1 N–H and O–H groups in total. The van der Waals surface area contributed by atoms with Crippen LogP contribution in [0.15, 0.2) is 24.3 Å². The van der Waals surface area contributed by atoms with Gasteiger partial charge in [0.25, 0.3) is 0 Å². The maximum atomic E-state index is 12.6. The highest BCUT2D eigenvalue weighted by Crippen LogP contribution is 2.24. The number of carboxylic acids is 1. The lowest BCUT2D eigenvalue weighted by molar-refractivity contribution is -0.141. The number of hydrogen-bond donors (Lipinski definition) is 1. The Morgan fingerprint density at radius 2 is 2.14 bits per heavy atom. The van der Waals surface area contributed by atoms with E-state index in [1.165, 1.54) is 16.9 Å². The Bertz CT molecular complexity index is 546. The van der Waals surface area contributed by atoms with Crippen LogP contribution in [0.5, 0.6) is 0 Å². The van der Waals surface area contributed by atoms with Gasteiger partial charge in [-0.1, -0.05) is 12.1 Å². The van der Waals surface area contributed by atoms with Gasteiger partial charge in [-0.3, -0.25) is 4.90 Å². The predicted molar refractivity (Wildman–Crippen MR) is 78.5 cm³/mol. The van der Waals surface area contributed by atoms with Gasteiger partial charge in [-0.05, 0) is 24.6 Å². The lowest BCUT2D eigenvalue weighted by Gasteiger charge is -2.27. The van der Waals surface area contributed by atoms with E-state index in [0.717, 1.165) is 11.3 Å². The van der Waals surface area contributed by atoms with E-state index in [0.29, 0.717) is 13.0 Å². The fourth-order valence-electron chi connectivity index (χ4n) is 2.55. The molecule has 1 aromatic rings. The van der Waals surface area contributed by atoms with Crippen LogP contribution in [0.25, 0.3) is 0 Å². The molecule has 0 saturated carbocycles. The van der Waals surface area contributed by atoms with Gasteiger partial charge in [-0.25, -0.2) is 9.59 Å². The topological polar surface area (TPSA) is 70.1 Å². The first kappa shape index (κ1) is 15.3. The van der Waals surface area contributed by atoms with Crippen molar-refractivity contribution in [3.63, 3.8) is 0 Å². The number of aliphatic carboxylic acids is 1. The molecule has 6 nitrogen and oxygen atoms in total. The highest BCUT2D eigenvalue weighted by molar-refractivity contribution is 5.94. The van der Waals surface area contributed by atoms with Gasteiger partial charge in [0, 0.05) is 32.8 Å². The molecule has 0 radical (unpaired) electrons. The Hall–Kier alpha value is -2.08. The summed E-state index contributed by atoms with van der Waals surface area (Å²) in [6, 6.07) is 6.36. The molecule has 1 aliphatic heterocycles. The summed E-state index contributed by atoms with van der Waals surface area (Å²) < 4.78 is 5.20. The molecule has 0 aromatic heterocycles. The SMILES string of the molecule is COC1CC(C(=O)O)N(C(=O)N(C)c2cccc(C)c2)C1. The number of carbonyl (C=O) groups is 2. The minimum atomic E-state index is -0.999. The van der Waals surface area contributed by atoms with Crippen LogP contribution in [0.1, 0.15) is 12.0 Å². The van der Waals surface area contributed by atoms with E-state index in [4.69, 9.17) is 4.74 Å². The number of methoxy groups -OCH3 is 1. The third-order valence-electron chi connectivity index (χ3n) is 3.80. The van der Waals surface area contributed by atoms with Gasteiger partial charge in [0.05, 0.1) is 6.10 Å². The third-order valence-corrected chi connectivity index (χ3v) is 3.80. The maximum absolute atomic E-state index is 12.6. The zero-order valence-corrected chi connectivity index (χ0v) is 12.4. The van der Waals surface area contributed by atoms with Crippen molar-refractivity contribution < 1.29 is 19.4 Å². The molecular weight excluding hydrogens is 272 g/mol. The summed E-state index contributed by atoms with van der Waals surface area (Å²) in [5, 5.41) is 9.27. The smallest absolute Gasteiger partial charge is 0.326 e. The van der Waals surface area contributed by atoms with Gasteiger partial charge in [0.2, 0.25) is 0 Å². The minimum absolute atomic E-state index is 0.235. The molecule has 1 heterocycles. The van der Waals surface area contributed by atoms with Crippen LogP contribution in [0, 0.1) is 6.92 Å². The Morgan fingerprint density at radius 3 is 2.71 bits per heavy atom. The monoisotopic (exact) mass is 292 g/mol. The normalized spacial score (nSPS) is 21.4. The number of carboxylic acid groups (broad SMARTS) is 1. The molecule has 0 spiro atoms. The first-order valence-corrected chi connectivity index (χ1v) is 6.80. The van der Waals surface area contributed by atoms with Crippen molar-refractivity contribution in [3.05, 3.63) is 29.8 Å². The summed E-state index contributed by atoms with van der Waals surface area (Å²) in [6.45, 7) is 2.24. The van der Waals surface area contributed by atoms with Crippen LogP contribution in [0.2, 0.25) is 0 Å². The number of aryl methyl sites for hydroxylation is 1.